The van der Waals surface area contributed by atoms with Crippen molar-refractivity contribution < 1.29 is 17.9 Å². The highest BCUT2D eigenvalue weighted by Crippen LogP contribution is 2.20. The van der Waals surface area contributed by atoms with Crippen LogP contribution in [0.2, 0.25) is 0 Å². The van der Waals surface area contributed by atoms with Crippen LogP contribution in [0.3, 0.4) is 0 Å². The van der Waals surface area contributed by atoms with E-state index in [9.17, 15) is 8.42 Å². The maximum Gasteiger partial charge on any atom is 0.243 e. The Balaban J connectivity index is 1.32. The number of benzene rings is 2. The normalized spacial score (nSPS) is 14.9. The van der Waals surface area contributed by atoms with Gasteiger partial charge in [-0.3, -0.25) is 4.98 Å². The van der Waals surface area contributed by atoms with Crippen molar-refractivity contribution in [2.24, 2.45) is 0 Å². The Morgan fingerprint density at radius 1 is 0.938 bits per heavy atom. The molecular formula is C24H27N3O4S. The highest BCUT2D eigenvalue weighted by molar-refractivity contribution is 7.89. The van der Waals surface area contributed by atoms with Crippen LogP contribution in [0.4, 0.5) is 0 Å². The van der Waals surface area contributed by atoms with Gasteiger partial charge >= 0.3 is 0 Å². The van der Waals surface area contributed by atoms with E-state index in [1.54, 1.807) is 18.3 Å². The molecule has 7 nitrogen and oxygen atoms in total. The summed E-state index contributed by atoms with van der Waals surface area (Å²) >= 11 is 0. The molecule has 1 aliphatic heterocycles. The summed E-state index contributed by atoms with van der Waals surface area (Å²) in [6.07, 6.45) is 1.75. The lowest BCUT2D eigenvalue weighted by atomic mass is 10.2. The van der Waals surface area contributed by atoms with Crippen LogP contribution in [0.5, 0.6) is 5.75 Å². The average molecular weight is 454 g/mol. The van der Waals surface area contributed by atoms with E-state index in [2.05, 4.69) is 10.3 Å². The summed E-state index contributed by atoms with van der Waals surface area (Å²) in [4.78, 5) is 4.60. The van der Waals surface area contributed by atoms with Crippen LogP contribution in [-0.4, -0.2) is 44.0 Å². The molecule has 2 aromatic carbocycles. The number of hydrogen-bond donors (Lipinski definition) is 1. The summed E-state index contributed by atoms with van der Waals surface area (Å²) in [5.41, 5.74) is 2.94. The molecule has 0 unspecified atom stereocenters. The largest absolute Gasteiger partial charge is 0.487 e. The fourth-order valence-electron chi connectivity index (χ4n) is 3.48. The number of rotatable bonds is 9. The third-order valence-corrected chi connectivity index (χ3v) is 7.16. The Morgan fingerprint density at radius 2 is 1.69 bits per heavy atom. The second-order valence-electron chi connectivity index (χ2n) is 7.48. The number of nitrogens with zero attached hydrogens (tertiary/aromatic N) is 2. The van der Waals surface area contributed by atoms with Crippen molar-refractivity contribution in [1.82, 2.24) is 14.6 Å². The summed E-state index contributed by atoms with van der Waals surface area (Å²) in [6, 6.07) is 20.7. The summed E-state index contributed by atoms with van der Waals surface area (Å²) in [6.45, 7) is 3.33. The molecular weight excluding hydrogens is 426 g/mol. The number of morpholine rings is 1. The molecule has 0 saturated carbocycles. The van der Waals surface area contributed by atoms with Gasteiger partial charge in [-0.15, -0.1) is 0 Å². The molecule has 1 aromatic heterocycles. The number of hydrogen-bond acceptors (Lipinski definition) is 6. The summed E-state index contributed by atoms with van der Waals surface area (Å²) in [5, 5.41) is 3.41. The number of nitrogens with one attached hydrogen (secondary N) is 1. The molecule has 8 heteroatoms. The first-order valence-corrected chi connectivity index (χ1v) is 12.0. The number of pyridine rings is 1. The van der Waals surface area contributed by atoms with E-state index in [1.807, 2.05) is 54.6 Å². The van der Waals surface area contributed by atoms with Crippen molar-refractivity contribution >= 4 is 10.0 Å². The molecule has 0 atom stereocenters. The zero-order chi connectivity index (χ0) is 22.2. The number of aromatic nitrogens is 1. The van der Waals surface area contributed by atoms with Crippen molar-refractivity contribution in [3.63, 3.8) is 0 Å². The predicted octanol–water partition coefficient (Wildman–Crippen LogP) is 2.97. The van der Waals surface area contributed by atoms with Gasteiger partial charge in [0.05, 0.1) is 23.8 Å². The zero-order valence-corrected chi connectivity index (χ0v) is 18.6. The number of ether oxygens (including phenoxy) is 2. The molecule has 1 fully saturated rings. The maximum atomic E-state index is 12.7. The van der Waals surface area contributed by atoms with Crippen LogP contribution in [-0.2, 0) is 34.5 Å². The topological polar surface area (TPSA) is 80.8 Å². The van der Waals surface area contributed by atoms with Crippen molar-refractivity contribution in [1.29, 1.82) is 0 Å². The van der Waals surface area contributed by atoms with E-state index >= 15 is 0 Å². The quantitative estimate of drug-likeness (QED) is 0.537. The Morgan fingerprint density at radius 3 is 2.44 bits per heavy atom. The Bertz CT molecular complexity index is 1100. The molecule has 2 heterocycles. The molecule has 32 heavy (non-hydrogen) atoms. The van der Waals surface area contributed by atoms with E-state index in [0.29, 0.717) is 50.9 Å². The fraction of sp³-hybridized carbons (Fsp3) is 0.292. The summed E-state index contributed by atoms with van der Waals surface area (Å²) in [5.74, 6) is 0.817. The van der Waals surface area contributed by atoms with Crippen molar-refractivity contribution in [3.8, 4) is 5.75 Å². The van der Waals surface area contributed by atoms with Crippen LogP contribution in [0, 0.1) is 0 Å². The van der Waals surface area contributed by atoms with E-state index < -0.39 is 10.0 Å². The third kappa shape index (κ3) is 5.72. The first-order valence-electron chi connectivity index (χ1n) is 10.6. The molecule has 0 radical (unpaired) electrons. The monoisotopic (exact) mass is 453 g/mol. The minimum absolute atomic E-state index is 0.316. The molecule has 1 N–H and O–H groups in total. The molecule has 1 aliphatic rings. The molecule has 3 aromatic rings. The van der Waals surface area contributed by atoms with Gasteiger partial charge in [-0.05, 0) is 35.9 Å². The van der Waals surface area contributed by atoms with Crippen LogP contribution in [0.1, 0.15) is 16.8 Å². The predicted molar refractivity (Wildman–Crippen MR) is 122 cm³/mol. The molecule has 0 spiro atoms. The van der Waals surface area contributed by atoms with Crippen LogP contribution >= 0.6 is 0 Å². The van der Waals surface area contributed by atoms with Crippen molar-refractivity contribution in [3.05, 3.63) is 89.7 Å². The van der Waals surface area contributed by atoms with Crippen LogP contribution < -0.4 is 10.1 Å². The molecule has 0 aliphatic carbocycles. The highest BCUT2D eigenvalue weighted by Gasteiger charge is 2.26. The van der Waals surface area contributed by atoms with Gasteiger partial charge in [-0.2, -0.15) is 4.31 Å². The second-order valence-corrected chi connectivity index (χ2v) is 9.42. The maximum absolute atomic E-state index is 12.7. The molecule has 0 bridgehead atoms. The van der Waals surface area contributed by atoms with Crippen LogP contribution in [0.15, 0.2) is 77.8 Å². The highest BCUT2D eigenvalue weighted by atomic mass is 32.2. The van der Waals surface area contributed by atoms with E-state index in [1.165, 1.54) is 4.31 Å². The van der Waals surface area contributed by atoms with Gasteiger partial charge in [-0.25, -0.2) is 8.42 Å². The summed E-state index contributed by atoms with van der Waals surface area (Å²) < 4.78 is 38.2. The standard InChI is InChI=1S/C24H27N3O4S/c28-32(29,27-13-15-30-16-14-27)23-10-8-20(9-11-23)17-25-18-21-5-1-2-7-24(21)31-19-22-6-3-4-12-26-22/h1-12,25H,13-19H2. The Hall–Kier alpha value is -2.78. The second kappa shape index (κ2) is 10.7. The summed E-state index contributed by atoms with van der Waals surface area (Å²) in [7, 11) is -3.47. The molecule has 0 amide bonds. The minimum atomic E-state index is -3.47. The number of para-hydroxylation sites is 1. The van der Waals surface area contributed by atoms with Gasteiger partial charge in [0.1, 0.15) is 12.4 Å². The first kappa shape index (κ1) is 22.4. The smallest absolute Gasteiger partial charge is 0.243 e. The fourth-order valence-corrected chi connectivity index (χ4v) is 4.89. The Labute approximate surface area is 189 Å². The Kier molecular flexibility index (Phi) is 7.49. The van der Waals surface area contributed by atoms with Gasteiger partial charge in [-0.1, -0.05) is 36.4 Å². The van der Waals surface area contributed by atoms with Crippen molar-refractivity contribution in [2.45, 2.75) is 24.6 Å². The van der Waals surface area contributed by atoms with Gasteiger partial charge in [0.15, 0.2) is 0 Å². The number of sulfonamides is 1. The lowest BCUT2D eigenvalue weighted by Gasteiger charge is -2.26. The van der Waals surface area contributed by atoms with Gasteiger partial charge in [0, 0.05) is 37.9 Å². The zero-order valence-electron chi connectivity index (χ0n) is 17.8. The van der Waals surface area contributed by atoms with Gasteiger partial charge < -0.3 is 14.8 Å². The SMILES string of the molecule is O=S(=O)(c1ccc(CNCc2ccccc2OCc2ccccn2)cc1)N1CCOCC1. The van der Waals surface area contributed by atoms with E-state index in [4.69, 9.17) is 9.47 Å². The van der Waals surface area contributed by atoms with E-state index in [0.717, 1.165) is 22.6 Å². The average Bonchev–Trinajstić information content (AvgIpc) is 2.85. The lowest BCUT2D eigenvalue weighted by Crippen LogP contribution is -2.40. The lowest BCUT2D eigenvalue weighted by molar-refractivity contribution is 0.0730. The molecule has 168 valence electrons. The molecule has 4 rings (SSSR count). The van der Waals surface area contributed by atoms with E-state index in [-0.39, 0.29) is 0 Å². The molecule has 1 saturated heterocycles. The van der Waals surface area contributed by atoms with Crippen molar-refractivity contribution in [2.75, 3.05) is 26.3 Å². The third-order valence-electron chi connectivity index (χ3n) is 5.25. The minimum Gasteiger partial charge on any atom is -0.487 e. The first-order chi connectivity index (χ1) is 15.6. The van der Waals surface area contributed by atoms with Crippen LogP contribution in [0.25, 0.3) is 0 Å². The van der Waals surface area contributed by atoms with Gasteiger partial charge in [0.25, 0.3) is 0 Å². The van der Waals surface area contributed by atoms with Gasteiger partial charge in [0.2, 0.25) is 10.0 Å².